The molecule has 0 atom stereocenters. The van der Waals surface area contributed by atoms with Gasteiger partial charge in [0.1, 0.15) is 4.88 Å². The molecule has 1 aromatic heterocycles. The van der Waals surface area contributed by atoms with Crippen molar-refractivity contribution >= 4 is 41.3 Å². The molecule has 0 bridgehead atoms. The Bertz CT molecular complexity index is 917. The summed E-state index contributed by atoms with van der Waals surface area (Å²) in [6.07, 6.45) is 5.70. The maximum Gasteiger partial charge on any atom is 0.348 e. The SMILES string of the molecule is CC1CCC(C(=O)N(c2cc(-c3ccccc3)sc2C(=O)O)C2CCN(C)CC2)CC1.Cl. The van der Waals surface area contributed by atoms with Gasteiger partial charge in [0.15, 0.2) is 0 Å². The van der Waals surface area contributed by atoms with Gasteiger partial charge in [-0.25, -0.2) is 4.79 Å². The van der Waals surface area contributed by atoms with E-state index in [1.54, 1.807) is 0 Å². The summed E-state index contributed by atoms with van der Waals surface area (Å²) in [5.41, 5.74) is 1.58. The zero-order valence-electron chi connectivity index (χ0n) is 18.8. The first-order valence-corrected chi connectivity index (χ1v) is 12.2. The number of carbonyl (C=O) groups excluding carboxylic acids is 1. The van der Waals surface area contributed by atoms with Gasteiger partial charge >= 0.3 is 5.97 Å². The van der Waals surface area contributed by atoms with Gasteiger partial charge in [-0.1, -0.05) is 37.3 Å². The smallest absolute Gasteiger partial charge is 0.348 e. The van der Waals surface area contributed by atoms with Crippen molar-refractivity contribution in [3.8, 4) is 10.4 Å². The highest BCUT2D eigenvalue weighted by Crippen LogP contribution is 2.41. The molecule has 7 heteroatoms. The number of piperidine rings is 1. The molecule has 32 heavy (non-hydrogen) atoms. The lowest BCUT2D eigenvalue weighted by Crippen LogP contribution is -2.49. The third-order valence-corrected chi connectivity index (χ3v) is 8.04. The number of carbonyl (C=O) groups is 2. The Hall–Kier alpha value is -1.89. The van der Waals surface area contributed by atoms with Crippen LogP contribution in [0.4, 0.5) is 5.69 Å². The lowest BCUT2D eigenvalue weighted by Gasteiger charge is -2.39. The van der Waals surface area contributed by atoms with E-state index < -0.39 is 5.97 Å². The summed E-state index contributed by atoms with van der Waals surface area (Å²) >= 11 is 1.27. The molecule has 0 unspecified atom stereocenters. The summed E-state index contributed by atoms with van der Waals surface area (Å²) in [6.45, 7) is 4.10. The first-order valence-electron chi connectivity index (χ1n) is 11.4. The quantitative estimate of drug-likeness (QED) is 0.593. The molecule has 5 nitrogen and oxygen atoms in total. The Balaban J connectivity index is 0.00000289. The highest BCUT2D eigenvalue weighted by Gasteiger charge is 2.36. The van der Waals surface area contributed by atoms with Crippen LogP contribution in [0.2, 0.25) is 0 Å². The second-order valence-electron chi connectivity index (χ2n) is 9.20. The molecule has 4 rings (SSSR count). The standard InChI is InChI=1S/C25H32N2O3S.ClH/c1-17-8-10-19(11-9-17)24(28)27(20-12-14-26(2)15-13-20)21-16-22(31-23(21)25(29)30)18-6-4-3-5-7-18;/h3-7,16-17,19-20H,8-15H2,1-2H3,(H,29,30);1H. The lowest BCUT2D eigenvalue weighted by molar-refractivity contribution is -0.124. The average molecular weight is 477 g/mol. The maximum atomic E-state index is 13.8. The molecule has 174 valence electrons. The predicted octanol–water partition coefficient (Wildman–Crippen LogP) is 5.79. The highest BCUT2D eigenvalue weighted by molar-refractivity contribution is 7.18. The molecule has 1 saturated carbocycles. The number of nitrogens with zero attached hydrogens (tertiary/aromatic N) is 2. The molecule has 0 spiro atoms. The van der Waals surface area contributed by atoms with Gasteiger partial charge in [0.05, 0.1) is 5.69 Å². The van der Waals surface area contributed by atoms with Crippen LogP contribution >= 0.6 is 23.7 Å². The Labute approximate surface area is 200 Å². The van der Waals surface area contributed by atoms with Crippen LogP contribution in [0.5, 0.6) is 0 Å². The second-order valence-corrected chi connectivity index (χ2v) is 10.2. The summed E-state index contributed by atoms with van der Waals surface area (Å²) in [4.78, 5) is 31.4. The Morgan fingerprint density at radius 2 is 1.66 bits per heavy atom. The minimum Gasteiger partial charge on any atom is -0.477 e. The van der Waals surface area contributed by atoms with Crippen LogP contribution < -0.4 is 4.90 Å². The van der Waals surface area contributed by atoms with Crippen LogP contribution in [0.15, 0.2) is 36.4 Å². The van der Waals surface area contributed by atoms with Crippen molar-refractivity contribution in [2.24, 2.45) is 11.8 Å². The highest BCUT2D eigenvalue weighted by atomic mass is 35.5. The van der Waals surface area contributed by atoms with E-state index in [0.717, 1.165) is 62.1 Å². The number of hydrogen-bond acceptors (Lipinski definition) is 4. The zero-order valence-corrected chi connectivity index (χ0v) is 20.5. The number of rotatable bonds is 5. The number of benzene rings is 1. The van der Waals surface area contributed by atoms with E-state index in [1.165, 1.54) is 11.3 Å². The number of likely N-dealkylation sites (tertiary alicyclic amines) is 1. The van der Waals surface area contributed by atoms with Crippen molar-refractivity contribution in [3.63, 3.8) is 0 Å². The van der Waals surface area contributed by atoms with E-state index in [4.69, 9.17) is 0 Å². The molecule has 1 aromatic carbocycles. The molecule has 2 aromatic rings. The van der Waals surface area contributed by atoms with Gasteiger partial charge in [0, 0.05) is 16.8 Å². The average Bonchev–Trinajstić information content (AvgIpc) is 3.22. The summed E-state index contributed by atoms with van der Waals surface area (Å²) in [5, 5.41) is 10.0. The molecule has 2 heterocycles. The second kappa shape index (κ2) is 10.8. The van der Waals surface area contributed by atoms with Crippen molar-refractivity contribution in [3.05, 3.63) is 41.3 Å². The molecule has 1 saturated heterocycles. The molecule has 2 fully saturated rings. The maximum absolute atomic E-state index is 13.8. The van der Waals surface area contributed by atoms with Crippen molar-refractivity contribution in [1.82, 2.24) is 4.90 Å². The van der Waals surface area contributed by atoms with Gasteiger partial charge in [-0.2, -0.15) is 0 Å². The number of halogens is 1. The summed E-state index contributed by atoms with van der Waals surface area (Å²) in [5.74, 6) is -0.162. The van der Waals surface area contributed by atoms with E-state index >= 15 is 0 Å². The van der Waals surface area contributed by atoms with E-state index in [0.29, 0.717) is 11.6 Å². The molecule has 1 aliphatic heterocycles. The number of amides is 1. The molecule has 0 radical (unpaired) electrons. The molecule has 1 N–H and O–H groups in total. The Kier molecular flexibility index (Phi) is 8.37. The number of thiophene rings is 1. The van der Waals surface area contributed by atoms with Crippen LogP contribution in [0.25, 0.3) is 10.4 Å². The third-order valence-electron chi connectivity index (χ3n) is 6.88. The topological polar surface area (TPSA) is 60.9 Å². The van der Waals surface area contributed by atoms with E-state index in [2.05, 4.69) is 18.9 Å². The monoisotopic (exact) mass is 476 g/mol. The van der Waals surface area contributed by atoms with Crippen LogP contribution in [0.1, 0.15) is 55.1 Å². The number of carboxylic acid groups (broad SMARTS) is 1. The molecular weight excluding hydrogens is 444 g/mol. The number of carboxylic acids is 1. The van der Waals surface area contributed by atoms with Crippen LogP contribution in [-0.4, -0.2) is 48.1 Å². The minimum atomic E-state index is -0.954. The van der Waals surface area contributed by atoms with E-state index in [1.807, 2.05) is 41.3 Å². The zero-order chi connectivity index (χ0) is 22.0. The van der Waals surface area contributed by atoms with E-state index in [9.17, 15) is 14.7 Å². The summed E-state index contributed by atoms with van der Waals surface area (Å²) in [6, 6.07) is 11.8. The van der Waals surface area contributed by atoms with Crippen LogP contribution in [-0.2, 0) is 4.79 Å². The summed E-state index contributed by atoms with van der Waals surface area (Å²) in [7, 11) is 2.10. The fourth-order valence-electron chi connectivity index (χ4n) is 4.91. The lowest BCUT2D eigenvalue weighted by atomic mass is 9.82. The Morgan fingerprint density at radius 1 is 1.03 bits per heavy atom. The third kappa shape index (κ3) is 5.36. The predicted molar refractivity (Wildman–Crippen MR) is 133 cm³/mol. The number of hydrogen-bond donors (Lipinski definition) is 1. The molecule has 1 aliphatic carbocycles. The van der Waals surface area contributed by atoms with Crippen molar-refractivity contribution in [2.45, 2.75) is 51.5 Å². The molecule has 1 amide bonds. The summed E-state index contributed by atoms with van der Waals surface area (Å²) < 4.78 is 0. The van der Waals surface area contributed by atoms with Crippen molar-refractivity contribution in [2.75, 3.05) is 25.0 Å². The van der Waals surface area contributed by atoms with Crippen molar-refractivity contribution in [1.29, 1.82) is 0 Å². The number of anilines is 1. The van der Waals surface area contributed by atoms with Crippen LogP contribution in [0, 0.1) is 11.8 Å². The van der Waals surface area contributed by atoms with Crippen LogP contribution in [0.3, 0.4) is 0 Å². The first kappa shape index (κ1) is 24.7. The first-order chi connectivity index (χ1) is 14.9. The fraction of sp³-hybridized carbons (Fsp3) is 0.520. The minimum absolute atomic E-state index is 0. The van der Waals surface area contributed by atoms with Crippen molar-refractivity contribution < 1.29 is 14.7 Å². The Morgan fingerprint density at radius 3 is 2.25 bits per heavy atom. The fourth-order valence-corrected chi connectivity index (χ4v) is 5.90. The van der Waals surface area contributed by atoms with E-state index in [-0.39, 0.29) is 35.2 Å². The molecular formula is C25H33ClN2O3S. The van der Waals surface area contributed by atoms with Gasteiger partial charge in [-0.3, -0.25) is 4.79 Å². The van der Waals surface area contributed by atoms with Gasteiger partial charge in [-0.05, 0) is 76.2 Å². The largest absolute Gasteiger partial charge is 0.477 e. The van der Waals surface area contributed by atoms with Gasteiger partial charge < -0.3 is 14.9 Å². The van der Waals surface area contributed by atoms with Gasteiger partial charge in [-0.15, -0.1) is 23.7 Å². The van der Waals surface area contributed by atoms with Gasteiger partial charge in [0.2, 0.25) is 5.91 Å². The number of aromatic carboxylic acids is 1. The normalized spacial score (nSPS) is 22.2. The molecule has 2 aliphatic rings. The van der Waals surface area contributed by atoms with Gasteiger partial charge in [0.25, 0.3) is 0 Å².